The van der Waals surface area contributed by atoms with E-state index in [2.05, 4.69) is 6.58 Å². The molecule has 2 aromatic carbocycles. The highest BCUT2D eigenvalue weighted by Crippen LogP contribution is 2.23. The molecule has 0 atom stereocenters. The number of aromatic hydroxyl groups is 1. The first-order valence-electron chi connectivity index (χ1n) is 7.47. The highest BCUT2D eigenvalue weighted by molar-refractivity contribution is 6.06. The van der Waals surface area contributed by atoms with Crippen LogP contribution in [0.15, 0.2) is 66.9 Å². The summed E-state index contributed by atoms with van der Waals surface area (Å²) in [5.41, 5.74) is 0.451. The summed E-state index contributed by atoms with van der Waals surface area (Å²) in [5, 5.41) is 18.7. The highest BCUT2D eigenvalue weighted by Gasteiger charge is 2.23. The van der Waals surface area contributed by atoms with Crippen LogP contribution in [-0.2, 0) is 0 Å². The molecule has 0 fully saturated rings. The van der Waals surface area contributed by atoms with Gasteiger partial charge in [0.1, 0.15) is 17.3 Å². The average Bonchev–Trinajstić information content (AvgIpc) is 2.54. The van der Waals surface area contributed by atoms with Gasteiger partial charge in [0, 0.05) is 5.56 Å². The van der Waals surface area contributed by atoms with E-state index in [1.54, 1.807) is 68.5 Å². The molecule has 0 bridgehead atoms. The molecule has 0 amide bonds. The van der Waals surface area contributed by atoms with E-state index >= 15 is 0 Å². The molecule has 2 rings (SSSR count). The number of carbonyl (C=O) groups excluding carboxylic acids is 1. The van der Waals surface area contributed by atoms with E-state index in [0.717, 1.165) is 5.56 Å². The summed E-state index contributed by atoms with van der Waals surface area (Å²) < 4.78 is 5.64. The number of rotatable bonds is 6. The van der Waals surface area contributed by atoms with Gasteiger partial charge < -0.3 is 14.9 Å². The third-order valence-electron chi connectivity index (χ3n) is 3.53. The lowest BCUT2D eigenvalue weighted by Crippen LogP contribution is -2.30. The van der Waals surface area contributed by atoms with Gasteiger partial charge in [-0.3, -0.25) is 4.79 Å². The van der Waals surface area contributed by atoms with Gasteiger partial charge in [-0.05, 0) is 61.9 Å². The number of carbonyl (C=O) groups is 1. The van der Waals surface area contributed by atoms with Gasteiger partial charge in [-0.25, -0.2) is 0 Å². The summed E-state index contributed by atoms with van der Waals surface area (Å²) in [4.78, 5) is 12.2. The van der Waals surface area contributed by atoms with Crippen molar-refractivity contribution >= 4 is 11.9 Å². The van der Waals surface area contributed by atoms with Crippen molar-refractivity contribution in [3.05, 3.63) is 78.1 Å². The minimum Gasteiger partial charge on any atom is -0.509 e. The molecule has 2 N–H and O–H groups in total. The minimum atomic E-state index is -0.899. The smallest absolute Gasteiger partial charge is 0.185 e. The quantitative estimate of drug-likeness (QED) is 0.466. The van der Waals surface area contributed by atoms with Crippen LogP contribution in [0, 0.1) is 0 Å². The second-order valence-corrected chi connectivity index (χ2v) is 5.87. The van der Waals surface area contributed by atoms with E-state index in [-0.39, 0.29) is 17.3 Å². The van der Waals surface area contributed by atoms with Crippen molar-refractivity contribution in [2.45, 2.75) is 19.4 Å². The molecule has 0 aromatic heterocycles. The van der Waals surface area contributed by atoms with Crippen molar-refractivity contribution in [3.63, 3.8) is 0 Å². The van der Waals surface area contributed by atoms with Crippen molar-refractivity contribution in [2.24, 2.45) is 0 Å². The molecule has 0 unspecified atom stereocenters. The van der Waals surface area contributed by atoms with Crippen molar-refractivity contribution < 1.29 is 19.7 Å². The Morgan fingerprint density at radius 3 is 2.21 bits per heavy atom. The van der Waals surface area contributed by atoms with E-state index in [9.17, 15) is 15.0 Å². The zero-order chi connectivity index (χ0) is 17.7. The summed E-state index contributed by atoms with van der Waals surface area (Å²) in [5.74, 6) is 0.511. The van der Waals surface area contributed by atoms with Crippen LogP contribution in [0.3, 0.4) is 0 Å². The fraction of sp³-hybridized carbons (Fsp3) is 0.150. The zero-order valence-electron chi connectivity index (χ0n) is 13.7. The van der Waals surface area contributed by atoms with Gasteiger partial charge in [-0.1, -0.05) is 24.8 Å². The van der Waals surface area contributed by atoms with Crippen LogP contribution in [0.5, 0.6) is 11.5 Å². The number of aliphatic hydroxyl groups is 1. The lowest BCUT2D eigenvalue weighted by atomic mass is 10.1. The van der Waals surface area contributed by atoms with E-state index < -0.39 is 5.60 Å². The number of ether oxygens (including phenoxy) is 1. The maximum Gasteiger partial charge on any atom is 0.185 e. The summed E-state index contributed by atoms with van der Waals surface area (Å²) in [6.45, 7) is 6.89. The highest BCUT2D eigenvalue weighted by atomic mass is 16.5. The van der Waals surface area contributed by atoms with Gasteiger partial charge >= 0.3 is 0 Å². The largest absolute Gasteiger partial charge is 0.509 e. The Labute approximate surface area is 141 Å². The fourth-order valence-corrected chi connectivity index (χ4v) is 1.89. The maximum atomic E-state index is 12.2. The normalized spacial score (nSPS) is 11.4. The molecule has 0 radical (unpaired) electrons. The predicted molar refractivity (Wildman–Crippen MR) is 94.4 cm³/mol. The Bertz CT molecular complexity index is 753. The molecule has 0 aliphatic heterocycles. The lowest BCUT2D eigenvalue weighted by Gasteiger charge is -2.25. The predicted octanol–water partition coefficient (Wildman–Crippen LogP) is 4.52. The zero-order valence-corrected chi connectivity index (χ0v) is 13.7. The molecule has 0 saturated carbocycles. The van der Waals surface area contributed by atoms with E-state index in [4.69, 9.17) is 4.74 Å². The monoisotopic (exact) mass is 324 g/mol. The Kier molecular flexibility index (Phi) is 5.09. The summed E-state index contributed by atoms with van der Waals surface area (Å²) in [7, 11) is 0. The number of phenolic OH excluding ortho intramolecular Hbond substituents is 1. The Hall–Kier alpha value is -3.01. The number of aliphatic hydroxyl groups excluding tert-OH is 1. The molecule has 24 heavy (non-hydrogen) atoms. The number of benzene rings is 2. The number of allylic oxidation sites excluding steroid dienone is 1. The molecule has 2 aromatic rings. The molecule has 0 aliphatic rings. The number of hydrogen-bond acceptors (Lipinski definition) is 4. The summed E-state index contributed by atoms with van der Waals surface area (Å²) in [6.07, 6.45) is 3.16. The van der Waals surface area contributed by atoms with Crippen LogP contribution in [0.4, 0.5) is 0 Å². The first-order valence-corrected chi connectivity index (χ1v) is 7.47. The van der Waals surface area contributed by atoms with E-state index in [0.29, 0.717) is 11.3 Å². The molecule has 0 aliphatic carbocycles. The SMILES string of the molecule is C=C(O)C(C)(C)Oc1ccc(C(=O)/C=C/c2ccc(O)cc2)cc1. The van der Waals surface area contributed by atoms with E-state index in [1.807, 2.05) is 0 Å². The van der Waals surface area contributed by atoms with Crippen molar-refractivity contribution in [3.8, 4) is 11.5 Å². The second kappa shape index (κ2) is 7.04. The third kappa shape index (κ3) is 4.49. The van der Waals surface area contributed by atoms with Gasteiger partial charge in [-0.2, -0.15) is 0 Å². The first-order chi connectivity index (χ1) is 11.3. The molecule has 4 nitrogen and oxygen atoms in total. The van der Waals surface area contributed by atoms with Crippen molar-refractivity contribution in [2.75, 3.05) is 0 Å². The minimum absolute atomic E-state index is 0.0699. The first kappa shape index (κ1) is 17.3. The molecular formula is C20H20O4. The Morgan fingerprint density at radius 2 is 1.67 bits per heavy atom. The maximum absolute atomic E-state index is 12.2. The van der Waals surface area contributed by atoms with E-state index in [1.165, 1.54) is 6.08 Å². The van der Waals surface area contributed by atoms with Crippen LogP contribution in [0.25, 0.3) is 6.08 Å². The van der Waals surface area contributed by atoms with Gasteiger partial charge in [0.2, 0.25) is 0 Å². The van der Waals surface area contributed by atoms with Gasteiger partial charge in [0.15, 0.2) is 11.4 Å². The van der Waals surface area contributed by atoms with Gasteiger partial charge in [0.25, 0.3) is 0 Å². The van der Waals surface area contributed by atoms with Crippen molar-refractivity contribution in [1.29, 1.82) is 0 Å². The average molecular weight is 324 g/mol. The summed E-state index contributed by atoms with van der Waals surface area (Å²) >= 11 is 0. The van der Waals surface area contributed by atoms with Crippen LogP contribution in [-0.4, -0.2) is 21.6 Å². The molecule has 4 heteroatoms. The second-order valence-electron chi connectivity index (χ2n) is 5.87. The van der Waals surface area contributed by atoms with Crippen LogP contribution in [0.2, 0.25) is 0 Å². The van der Waals surface area contributed by atoms with Crippen molar-refractivity contribution in [1.82, 2.24) is 0 Å². The van der Waals surface area contributed by atoms with Gasteiger partial charge in [0.05, 0.1) is 0 Å². The number of hydrogen-bond donors (Lipinski definition) is 2. The lowest BCUT2D eigenvalue weighted by molar-refractivity contribution is 0.0973. The number of phenols is 1. The van der Waals surface area contributed by atoms with Gasteiger partial charge in [-0.15, -0.1) is 0 Å². The van der Waals surface area contributed by atoms with Crippen LogP contribution < -0.4 is 4.74 Å². The third-order valence-corrected chi connectivity index (χ3v) is 3.53. The standard InChI is InChI=1S/C20H20O4/c1-14(21)20(2,3)24-18-11-7-16(8-12-18)19(23)13-6-15-4-9-17(22)10-5-15/h4-13,21-22H,1H2,2-3H3/b13-6+. The summed E-state index contributed by atoms with van der Waals surface area (Å²) in [6, 6.07) is 13.2. The number of ketones is 1. The topological polar surface area (TPSA) is 66.8 Å². The Morgan fingerprint density at radius 1 is 1.08 bits per heavy atom. The molecule has 0 heterocycles. The fourth-order valence-electron chi connectivity index (χ4n) is 1.89. The molecule has 0 saturated heterocycles. The molecule has 0 spiro atoms. The van der Waals surface area contributed by atoms with Crippen LogP contribution >= 0.6 is 0 Å². The van der Waals surface area contributed by atoms with Crippen LogP contribution in [0.1, 0.15) is 29.8 Å². The molecule has 124 valence electrons. The Balaban J connectivity index is 2.06. The molecular weight excluding hydrogens is 304 g/mol.